The number of nitrogens with zero attached hydrogens (tertiary/aromatic N) is 3. The largest absolute Gasteiger partial charge is 0.268 e. The van der Waals surface area contributed by atoms with E-state index in [4.69, 9.17) is 0 Å². The maximum atomic E-state index is 12.3. The molecule has 2 heterocycles. The van der Waals surface area contributed by atoms with Gasteiger partial charge in [0.1, 0.15) is 0 Å². The fraction of sp³-hybridized carbons (Fsp3) is 0.0769. The van der Waals surface area contributed by atoms with Gasteiger partial charge in [-0.3, -0.25) is 9.59 Å². The molecule has 0 spiro atoms. The van der Waals surface area contributed by atoms with Crippen molar-refractivity contribution in [1.82, 2.24) is 10.2 Å². The van der Waals surface area contributed by atoms with E-state index in [1.807, 2.05) is 0 Å². The van der Waals surface area contributed by atoms with Crippen LogP contribution in [0.4, 0.5) is 5.13 Å². The van der Waals surface area contributed by atoms with Crippen LogP contribution in [-0.2, 0) is 0 Å². The summed E-state index contributed by atoms with van der Waals surface area (Å²) in [5.74, 6) is 0.0144. The molecule has 7 heteroatoms. The third-order valence-corrected chi connectivity index (χ3v) is 4.74. The Morgan fingerprint density at radius 1 is 1.20 bits per heavy atom. The van der Waals surface area contributed by atoms with E-state index in [1.54, 1.807) is 30.3 Å². The van der Waals surface area contributed by atoms with Gasteiger partial charge in [0.05, 0.1) is 11.1 Å². The summed E-state index contributed by atoms with van der Waals surface area (Å²) in [7, 11) is 0. The van der Waals surface area contributed by atoms with E-state index in [0.717, 1.165) is 4.90 Å². The highest BCUT2D eigenvalue weighted by Gasteiger charge is 2.38. The number of amides is 2. The minimum atomic E-state index is -0.345. The van der Waals surface area contributed by atoms with E-state index in [9.17, 15) is 9.59 Å². The van der Waals surface area contributed by atoms with E-state index in [-0.39, 0.29) is 11.8 Å². The Hall–Kier alpha value is -1.99. The van der Waals surface area contributed by atoms with Crippen molar-refractivity contribution in [2.75, 3.05) is 10.7 Å². The molecule has 20 heavy (non-hydrogen) atoms. The molecule has 0 saturated heterocycles. The number of benzene rings is 1. The molecule has 1 aliphatic rings. The molecule has 2 aromatic rings. The van der Waals surface area contributed by atoms with Crippen LogP contribution in [0.1, 0.15) is 20.7 Å². The maximum Gasteiger partial charge on any atom is 0.268 e. The Bertz CT molecular complexity index is 676. The number of hydrogen-bond acceptors (Lipinski definition) is 6. The normalized spacial score (nSPS) is 13.7. The molecule has 0 radical (unpaired) electrons. The molecule has 1 aliphatic heterocycles. The monoisotopic (exact) mass is 303 g/mol. The van der Waals surface area contributed by atoms with E-state index in [2.05, 4.69) is 16.8 Å². The molecule has 0 saturated carbocycles. The second-order valence-corrected chi connectivity index (χ2v) is 6.16. The van der Waals surface area contributed by atoms with Crippen molar-refractivity contribution < 1.29 is 9.59 Å². The zero-order chi connectivity index (χ0) is 14.1. The summed E-state index contributed by atoms with van der Waals surface area (Å²) in [5, 5.41) is 8.21. The standard InChI is InChI=1S/C13H9N3O2S2/c1-2-7-19-13-15-14-12(20-13)16-10(17)8-5-3-4-6-9(8)11(16)18/h2-6H,1,7H2. The SMILES string of the molecule is C=CCSc1nnc(N2C(=O)c3ccccc3C2=O)s1. The second-order valence-electron chi connectivity index (χ2n) is 3.94. The Morgan fingerprint density at radius 2 is 1.85 bits per heavy atom. The molecule has 1 aromatic carbocycles. The van der Waals surface area contributed by atoms with Crippen molar-refractivity contribution in [1.29, 1.82) is 0 Å². The number of imide groups is 1. The van der Waals surface area contributed by atoms with Gasteiger partial charge in [-0.1, -0.05) is 41.3 Å². The number of anilines is 1. The first-order valence-corrected chi connectivity index (χ1v) is 7.57. The van der Waals surface area contributed by atoms with Crippen LogP contribution >= 0.6 is 23.1 Å². The Balaban J connectivity index is 1.92. The molecule has 100 valence electrons. The molecule has 0 aliphatic carbocycles. The quantitative estimate of drug-likeness (QED) is 0.376. The minimum absolute atomic E-state index is 0.308. The maximum absolute atomic E-state index is 12.3. The highest BCUT2D eigenvalue weighted by molar-refractivity contribution is 8.01. The zero-order valence-corrected chi connectivity index (χ0v) is 11.9. The summed E-state index contributed by atoms with van der Waals surface area (Å²) in [4.78, 5) is 25.6. The summed E-state index contributed by atoms with van der Waals surface area (Å²) in [6, 6.07) is 6.76. The van der Waals surface area contributed by atoms with Crippen LogP contribution < -0.4 is 4.90 Å². The third kappa shape index (κ3) is 2.04. The van der Waals surface area contributed by atoms with Gasteiger partial charge in [-0.2, -0.15) is 0 Å². The average Bonchev–Trinajstić information content (AvgIpc) is 3.02. The molecule has 3 rings (SSSR count). The molecule has 1 aromatic heterocycles. The highest BCUT2D eigenvalue weighted by atomic mass is 32.2. The smallest absolute Gasteiger partial charge is 0.268 e. The predicted octanol–water partition coefficient (Wildman–Crippen LogP) is 2.62. The summed E-state index contributed by atoms with van der Waals surface area (Å²) in [6.45, 7) is 3.63. The lowest BCUT2D eigenvalue weighted by molar-refractivity contribution is 0.0926. The van der Waals surface area contributed by atoms with Gasteiger partial charge >= 0.3 is 0 Å². The summed E-state index contributed by atoms with van der Waals surface area (Å²) in [6.07, 6.45) is 1.76. The topological polar surface area (TPSA) is 63.2 Å². The van der Waals surface area contributed by atoms with E-state index >= 15 is 0 Å². The lowest BCUT2D eigenvalue weighted by atomic mass is 10.1. The Labute approximate surface area is 123 Å². The number of carbonyl (C=O) groups excluding carboxylic acids is 2. The van der Waals surface area contributed by atoms with Crippen molar-refractivity contribution in [2.24, 2.45) is 0 Å². The number of fused-ring (bicyclic) bond motifs is 1. The van der Waals surface area contributed by atoms with Crippen molar-refractivity contribution >= 4 is 40.0 Å². The Kier molecular flexibility index (Phi) is 3.37. The van der Waals surface area contributed by atoms with Crippen LogP contribution in [0.3, 0.4) is 0 Å². The van der Waals surface area contributed by atoms with Crippen molar-refractivity contribution in [2.45, 2.75) is 4.34 Å². The average molecular weight is 303 g/mol. The molecular formula is C13H9N3O2S2. The fourth-order valence-electron chi connectivity index (χ4n) is 1.84. The zero-order valence-electron chi connectivity index (χ0n) is 10.3. The number of carbonyl (C=O) groups is 2. The van der Waals surface area contributed by atoms with Gasteiger partial charge in [-0.05, 0) is 12.1 Å². The van der Waals surface area contributed by atoms with Gasteiger partial charge < -0.3 is 0 Å². The molecule has 0 fully saturated rings. The number of thioether (sulfide) groups is 1. The molecule has 5 nitrogen and oxygen atoms in total. The minimum Gasteiger partial charge on any atom is -0.268 e. The molecule has 0 bridgehead atoms. The summed E-state index contributed by atoms with van der Waals surface area (Å²) < 4.78 is 0.705. The van der Waals surface area contributed by atoms with E-state index < -0.39 is 0 Å². The molecule has 0 N–H and O–H groups in total. The lowest BCUT2D eigenvalue weighted by Crippen LogP contribution is -2.29. The van der Waals surface area contributed by atoms with E-state index in [1.165, 1.54) is 23.1 Å². The van der Waals surface area contributed by atoms with E-state index in [0.29, 0.717) is 26.4 Å². The first kappa shape index (κ1) is 13.0. The van der Waals surface area contributed by atoms with Crippen molar-refractivity contribution in [3.05, 3.63) is 48.0 Å². The third-order valence-electron chi connectivity index (χ3n) is 2.71. The number of aromatic nitrogens is 2. The first-order chi connectivity index (χ1) is 9.72. The van der Waals surface area contributed by atoms with Gasteiger partial charge in [0.25, 0.3) is 11.8 Å². The van der Waals surface area contributed by atoms with Crippen LogP contribution in [0.5, 0.6) is 0 Å². The van der Waals surface area contributed by atoms with Crippen LogP contribution in [0.25, 0.3) is 0 Å². The van der Waals surface area contributed by atoms with Crippen LogP contribution in [-0.4, -0.2) is 27.8 Å². The second kappa shape index (κ2) is 5.18. The van der Waals surface area contributed by atoms with Gasteiger partial charge in [-0.15, -0.1) is 16.8 Å². The number of hydrogen-bond donors (Lipinski definition) is 0. The molecule has 0 atom stereocenters. The van der Waals surface area contributed by atoms with Gasteiger partial charge in [-0.25, -0.2) is 4.90 Å². The van der Waals surface area contributed by atoms with Crippen LogP contribution in [0, 0.1) is 0 Å². The summed E-state index contributed by atoms with van der Waals surface area (Å²) >= 11 is 2.69. The van der Waals surface area contributed by atoms with Crippen molar-refractivity contribution in [3.8, 4) is 0 Å². The highest BCUT2D eigenvalue weighted by Crippen LogP contribution is 2.33. The van der Waals surface area contributed by atoms with Gasteiger partial charge in [0, 0.05) is 5.75 Å². The fourth-order valence-corrected chi connectivity index (χ4v) is 3.44. The predicted molar refractivity (Wildman–Crippen MR) is 78.4 cm³/mol. The molecule has 2 amide bonds. The first-order valence-electron chi connectivity index (χ1n) is 5.77. The Morgan fingerprint density at radius 3 is 2.45 bits per heavy atom. The summed E-state index contributed by atoms with van der Waals surface area (Å²) in [5.41, 5.74) is 0.820. The van der Waals surface area contributed by atoms with Gasteiger partial charge in [0.15, 0.2) is 4.34 Å². The molecular weight excluding hydrogens is 294 g/mol. The van der Waals surface area contributed by atoms with Crippen molar-refractivity contribution in [3.63, 3.8) is 0 Å². The lowest BCUT2D eigenvalue weighted by Gasteiger charge is -2.07. The van der Waals surface area contributed by atoms with Crippen LogP contribution in [0.2, 0.25) is 0 Å². The number of rotatable bonds is 4. The molecule has 0 unspecified atom stereocenters. The van der Waals surface area contributed by atoms with Crippen LogP contribution in [0.15, 0.2) is 41.3 Å². The van der Waals surface area contributed by atoms with Gasteiger partial charge in [0.2, 0.25) is 5.13 Å².